The Labute approximate surface area is 178 Å². The molecule has 0 unspecified atom stereocenters. The highest BCUT2D eigenvalue weighted by Gasteiger charge is 2.18. The van der Waals surface area contributed by atoms with Crippen LogP contribution in [0.15, 0.2) is 42.6 Å². The Kier molecular flexibility index (Phi) is 7.46. The van der Waals surface area contributed by atoms with E-state index < -0.39 is 5.91 Å². The van der Waals surface area contributed by atoms with Gasteiger partial charge in [-0.2, -0.15) is 0 Å². The second kappa shape index (κ2) is 10.2. The molecule has 1 heterocycles. The number of ether oxygens (including phenoxy) is 1. The van der Waals surface area contributed by atoms with Gasteiger partial charge in [-0.05, 0) is 48.2 Å². The van der Waals surface area contributed by atoms with Crippen molar-refractivity contribution in [3.63, 3.8) is 0 Å². The molecule has 7 nitrogen and oxygen atoms in total. The van der Waals surface area contributed by atoms with Gasteiger partial charge in [0.1, 0.15) is 29.2 Å². The third kappa shape index (κ3) is 5.18. The van der Waals surface area contributed by atoms with E-state index in [1.807, 2.05) is 0 Å². The summed E-state index contributed by atoms with van der Waals surface area (Å²) in [6.07, 6.45) is 2.41. The Bertz CT molecular complexity index is 1020. The number of carbonyl (C=O) groups excluding carboxylic acids is 1. The zero-order valence-corrected chi connectivity index (χ0v) is 17.0. The van der Waals surface area contributed by atoms with Gasteiger partial charge in [0.2, 0.25) is 0 Å². The number of fused-ring (bicyclic) bond motifs is 1. The molecular weight excluding hydrogens is 408 g/mol. The molecule has 0 atom stereocenters. The molecule has 0 fully saturated rings. The second-order valence-corrected chi connectivity index (χ2v) is 7.16. The lowest BCUT2D eigenvalue weighted by atomic mass is 10.0. The number of nitrogens with one attached hydrogen (secondary N) is 1. The molecule has 3 rings (SSSR count). The van der Waals surface area contributed by atoms with E-state index in [1.165, 1.54) is 6.20 Å². The number of halogens is 1. The van der Waals surface area contributed by atoms with E-state index in [0.717, 1.165) is 11.1 Å². The van der Waals surface area contributed by atoms with Crippen LogP contribution >= 0.6 is 11.6 Å². The number of pyridine rings is 1. The van der Waals surface area contributed by atoms with Gasteiger partial charge in [0.25, 0.3) is 5.91 Å². The highest BCUT2D eigenvalue weighted by atomic mass is 35.5. The maximum atomic E-state index is 12.6. The monoisotopic (exact) mass is 430 g/mol. The molecule has 0 radical (unpaired) electrons. The molecule has 4 N–H and O–H groups in total. The number of aromatic nitrogens is 1. The van der Waals surface area contributed by atoms with Crippen LogP contribution in [0.2, 0.25) is 5.02 Å². The lowest BCUT2D eigenvalue weighted by Gasteiger charge is -2.13. The van der Waals surface area contributed by atoms with E-state index >= 15 is 0 Å². The standard InChI is InChI=1S/C22H23ClN2O5/c23-16-5-3-14(4-6-16)12-25-22(29)18-13-24-20-17(21(18)28)10-15(2-1-7-26)11-19(20)30-9-8-27/h3-6,10-11,13,26-27H,1-2,7-9,12H2,(H,24,28)(H,25,29). The van der Waals surface area contributed by atoms with Crippen LogP contribution in [0.3, 0.4) is 0 Å². The molecule has 0 aliphatic heterocycles. The third-order valence-corrected chi connectivity index (χ3v) is 4.80. The fourth-order valence-electron chi connectivity index (χ4n) is 3.05. The van der Waals surface area contributed by atoms with E-state index in [9.17, 15) is 9.90 Å². The molecule has 0 bridgehead atoms. The smallest absolute Gasteiger partial charge is 0.256 e. The number of hydrogen-bond donors (Lipinski definition) is 4. The van der Waals surface area contributed by atoms with Crippen LogP contribution in [0.25, 0.3) is 10.9 Å². The molecule has 0 saturated carbocycles. The number of aliphatic hydroxyl groups is 2. The summed E-state index contributed by atoms with van der Waals surface area (Å²) in [7, 11) is 0. The van der Waals surface area contributed by atoms with Crippen LogP contribution in [-0.2, 0) is 13.0 Å². The number of aryl methyl sites for hydroxylation is 1. The summed E-state index contributed by atoms with van der Waals surface area (Å²) in [5.74, 6) is -0.262. The van der Waals surface area contributed by atoms with Gasteiger partial charge < -0.3 is 25.4 Å². The largest absolute Gasteiger partial charge is 0.506 e. The zero-order valence-electron chi connectivity index (χ0n) is 16.3. The molecule has 0 saturated heterocycles. The number of carbonyl (C=O) groups is 1. The molecular formula is C22H23ClN2O5. The summed E-state index contributed by atoms with van der Waals surface area (Å²) in [5, 5.41) is 32.7. The van der Waals surface area contributed by atoms with E-state index in [0.29, 0.717) is 34.5 Å². The normalized spacial score (nSPS) is 10.9. The van der Waals surface area contributed by atoms with Crippen LogP contribution in [0.5, 0.6) is 11.5 Å². The average Bonchev–Trinajstić information content (AvgIpc) is 2.76. The van der Waals surface area contributed by atoms with Gasteiger partial charge in [0.15, 0.2) is 0 Å². The van der Waals surface area contributed by atoms with Crippen molar-refractivity contribution in [3.8, 4) is 11.5 Å². The van der Waals surface area contributed by atoms with Gasteiger partial charge in [-0.3, -0.25) is 9.78 Å². The van der Waals surface area contributed by atoms with Crippen molar-refractivity contribution in [1.82, 2.24) is 10.3 Å². The van der Waals surface area contributed by atoms with Crippen molar-refractivity contribution in [2.75, 3.05) is 19.8 Å². The van der Waals surface area contributed by atoms with Gasteiger partial charge >= 0.3 is 0 Å². The summed E-state index contributed by atoms with van der Waals surface area (Å²) in [5.41, 5.74) is 2.12. The van der Waals surface area contributed by atoms with Crippen molar-refractivity contribution in [3.05, 3.63) is 64.3 Å². The number of benzene rings is 2. The first-order valence-electron chi connectivity index (χ1n) is 9.55. The number of aliphatic hydroxyl groups excluding tert-OH is 2. The predicted molar refractivity (Wildman–Crippen MR) is 114 cm³/mol. The first-order chi connectivity index (χ1) is 14.5. The van der Waals surface area contributed by atoms with Crippen LogP contribution in [0.1, 0.15) is 27.9 Å². The number of rotatable bonds is 9. The molecule has 1 amide bonds. The average molecular weight is 431 g/mol. The fourth-order valence-corrected chi connectivity index (χ4v) is 3.18. The van der Waals surface area contributed by atoms with Gasteiger partial charge in [-0.25, -0.2) is 0 Å². The fraction of sp³-hybridized carbons (Fsp3) is 0.273. The van der Waals surface area contributed by atoms with Crippen molar-refractivity contribution in [2.24, 2.45) is 0 Å². The maximum absolute atomic E-state index is 12.6. The summed E-state index contributed by atoms with van der Waals surface area (Å²) >= 11 is 5.87. The second-order valence-electron chi connectivity index (χ2n) is 6.72. The summed E-state index contributed by atoms with van der Waals surface area (Å²) in [6, 6.07) is 10.6. The first kappa shape index (κ1) is 21.8. The lowest BCUT2D eigenvalue weighted by Crippen LogP contribution is -2.23. The topological polar surface area (TPSA) is 112 Å². The van der Waals surface area contributed by atoms with Gasteiger partial charge in [0.05, 0.1) is 6.61 Å². The Morgan fingerprint density at radius 1 is 1.10 bits per heavy atom. The van der Waals surface area contributed by atoms with Crippen LogP contribution in [-0.4, -0.2) is 46.0 Å². The van der Waals surface area contributed by atoms with E-state index in [4.69, 9.17) is 26.6 Å². The van der Waals surface area contributed by atoms with E-state index in [2.05, 4.69) is 10.3 Å². The molecule has 0 aliphatic rings. The highest BCUT2D eigenvalue weighted by molar-refractivity contribution is 6.30. The summed E-state index contributed by atoms with van der Waals surface area (Å²) in [4.78, 5) is 16.9. The van der Waals surface area contributed by atoms with E-state index in [1.54, 1.807) is 36.4 Å². The Balaban J connectivity index is 1.90. The molecule has 30 heavy (non-hydrogen) atoms. The van der Waals surface area contributed by atoms with Crippen LogP contribution in [0, 0.1) is 0 Å². The number of hydrogen-bond acceptors (Lipinski definition) is 6. The summed E-state index contributed by atoms with van der Waals surface area (Å²) < 4.78 is 5.56. The minimum absolute atomic E-state index is 0.0300. The maximum Gasteiger partial charge on any atom is 0.256 e. The number of amides is 1. The number of nitrogens with zero attached hydrogens (tertiary/aromatic N) is 1. The zero-order chi connectivity index (χ0) is 21.5. The van der Waals surface area contributed by atoms with Crippen LogP contribution < -0.4 is 10.1 Å². The van der Waals surface area contributed by atoms with Crippen molar-refractivity contribution in [1.29, 1.82) is 0 Å². The molecule has 8 heteroatoms. The minimum Gasteiger partial charge on any atom is -0.506 e. The quantitative estimate of drug-likeness (QED) is 0.415. The SMILES string of the molecule is O=C(NCc1ccc(Cl)cc1)c1cnc2c(OCCO)cc(CCCO)cc2c1O. The third-order valence-electron chi connectivity index (χ3n) is 4.55. The molecule has 0 aliphatic carbocycles. The number of aromatic hydroxyl groups is 1. The Morgan fingerprint density at radius 3 is 2.57 bits per heavy atom. The first-order valence-corrected chi connectivity index (χ1v) is 9.93. The molecule has 1 aromatic heterocycles. The molecule has 3 aromatic rings. The van der Waals surface area contributed by atoms with Crippen molar-refractivity contribution < 1.29 is 24.9 Å². The predicted octanol–water partition coefficient (Wildman–Crippen LogP) is 2.82. The molecule has 2 aromatic carbocycles. The van der Waals surface area contributed by atoms with E-state index in [-0.39, 0.29) is 37.7 Å². The van der Waals surface area contributed by atoms with Crippen LogP contribution in [0.4, 0.5) is 0 Å². The molecule has 0 spiro atoms. The Morgan fingerprint density at radius 2 is 1.87 bits per heavy atom. The van der Waals surface area contributed by atoms with Crippen molar-refractivity contribution in [2.45, 2.75) is 19.4 Å². The van der Waals surface area contributed by atoms with Gasteiger partial charge in [-0.1, -0.05) is 23.7 Å². The highest BCUT2D eigenvalue weighted by Crippen LogP contribution is 2.34. The Hall–Kier alpha value is -2.87. The lowest BCUT2D eigenvalue weighted by molar-refractivity contribution is 0.0948. The van der Waals surface area contributed by atoms with Gasteiger partial charge in [-0.15, -0.1) is 0 Å². The summed E-state index contributed by atoms with van der Waals surface area (Å²) in [6.45, 7) is 0.209. The molecule has 158 valence electrons. The van der Waals surface area contributed by atoms with Crippen molar-refractivity contribution >= 4 is 28.4 Å². The van der Waals surface area contributed by atoms with Gasteiger partial charge in [0, 0.05) is 29.8 Å². The minimum atomic E-state index is -0.463.